The topological polar surface area (TPSA) is 80.6 Å². The van der Waals surface area contributed by atoms with E-state index in [9.17, 15) is 4.79 Å². The maximum Gasteiger partial charge on any atom is 0.244 e. The Labute approximate surface area is 162 Å². The van der Waals surface area contributed by atoms with E-state index in [4.69, 9.17) is 31.1 Å². The lowest BCUT2D eigenvalue weighted by molar-refractivity contribution is -0.116. The van der Waals surface area contributed by atoms with Crippen LogP contribution in [0.2, 0.25) is 5.02 Å². The summed E-state index contributed by atoms with van der Waals surface area (Å²) < 4.78 is 16.0. The van der Waals surface area contributed by atoms with E-state index in [-0.39, 0.29) is 12.5 Å². The van der Waals surface area contributed by atoms with Crippen molar-refractivity contribution in [3.63, 3.8) is 0 Å². The molecule has 0 saturated carbocycles. The molecule has 0 saturated heterocycles. The van der Waals surface area contributed by atoms with Gasteiger partial charge in [-0.2, -0.15) is 5.26 Å². The summed E-state index contributed by atoms with van der Waals surface area (Å²) in [4.78, 5) is 11.9. The summed E-state index contributed by atoms with van der Waals surface area (Å²) in [6.07, 6.45) is 3.08. The van der Waals surface area contributed by atoms with Gasteiger partial charge in [-0.3, -0.25) is 4.79 Å². The fourth-order valence-corrected chi connectivity index (χ4v) is 2.25. The number of carbonyl (C=O) groups excluding carboxylic acids is 1. The molecule has 0 aliphatic heterocycles. The molecule has 0 spiro atoms. The normalized spacial score (nSPS) is 10.3. The van der Waals surface area contributed by atoms with E-state index in [1.165, 1.54) is 13.2 Å². The van der Waals surface area contributed by atoms with Gasteiger partial charge in [-0.15, -0.1) is 0 Å². The monoisotopic (exact) mass is 386 g/mol. The van der Waals surface area contributed by atoms with E-state index in [1.54, 1.807) is 48.5 Å². The van der Waals surface area contributed by atoms with Crippen molar-refractivity contribution in [1.82, 2.24) is 5.32 Å². The lowest BCUT2D eigenvalue weighted by Crippen LogP contribution is -2.26. The Hall–Kier alpha value is -3.17. The minimum atomic E-state index is -0.238. The van der Waals surface area contributed by atoms with Crippen molar-refractivity contribution in [2.24, 2.45) is 0 Å². The van der Waals surface area contributed by atoms with Crippen LogP contribution in [0.1, 0.15) is 5.56 Å². The molecule has 1 amide bonds. The van der Waals surface area contributed by atoms with Gasteiger partial charge in [-0.25, -0.2) is 0 Å². The minimum absolute atomic E-state index is 0.0634. The number of methoxy groups -OCH3 is 1. The number of benzene rings is 2. The van der Waals surface area contributed by atoms with E-state index < -0.39 is 0 Å². The molecule has 0 bridgehead atoms. The van der Waals surface area contributed by atoms with Gasteiger partial charge in [0.05, 0.1) is 13.7 Å². The van der Waals surface area contributed by atoms with Crippen LogP contribution < -0.4 is 19.5 Å². The number of ether oxygens (including phenoxy) is 3. The molecule has 2 rings (SSSR count). The van der Waals surface area contributed by atoms with E-state index in [1.807, 2.05) is 6.07 Å². The van der Waals surface area contributed by atoms with Gasteiger partial charge in [0.1, 0.15) is 18.4 Å². The molecule has 0 aliphatic rings. The van der Waals surface area contributed by atoms with Crippen molar-refractivity contribution in [1.29, 1.82) is 5.26 Å². The van der Waals surface area contributed by atoms with Crippen molar-refractivity contribution >= 4 is 23.6 Å². The molecule has 1 N–H and O–H groups in total. The molecular weight excluding hydrogens is 368 g/mol. The second kappa shape index (κ2) is 10.7. The van der Waals surface area contributed by atoms with Crippen LogP contribution in [0.4, 0.5) is 0 Å². The Morgan fingerprint density at radius 1 is 1.19 bits per heavy atom. The molecule has 7 heteroatoms. The third kappa shape index (κ3) is 6.92. The molecule has 27 heavy (non-hydrogen) atoms. The van der Waals surface area contributed by atoms with Crippen molar-refractivity contribution < 1.29 is 19.0 Å². The fraction of sp³-hybridized carbons (Fsp3) is 0.200. The van der Waals surface area contributed by atoms with Crippen LogP contribution in [-0.2, 0) is 4.79 Å². The molecule has 0 unspecified atom stereocenters. The van der Waals surface area contributed by atoms with Gasteiger partial charge in [0.15, 0.2) is 18.1 Å². The highest BCUT2D eigenvalue weighted by Crippen LogP contribution is 2.28. The molecule has 0 aliphatic carbocycles. The van der Waals surface area contributed by atoms with Crippen LogP contribution in [0.25, 0.3) is 6.08 Å². The number of hydrogen-bond acceptors (Lipinski definition) is 5. The van der Waals surface area contributed by atoms with E-state index in [0.29, 0.717) is 35.4 Å². The van der Waals surface area contributed by atoms with Crippen molar-refractivity contribution in [3.05, 3.63) is 59.1 Å². The molecule has 2 aromatic rings. The summed E-state index contributed by atoms with van der Waals surface area (Å²) in [6, 6.07) is 14.1. The zero-order valence-electron chi connectivity index (χ0n) is 14.8. The van der Waals surface area contributed by atoms with Crippen LogP contribution >= 0.6 is 11.6 Å². The summed E-state index contributed by atoms with van der Waals surface area (Å²) in [5.74, 6) is 1.41. The second-order valence-electron chi connectivity index (χ2n) is 5.28. The highest BCUT2D eigenvalue weighted by molar-refractivity contribution is 6.30. The SMILES string of the molecule is COc1cc(/C=C/C(=O)NCCOc2ccc(Cl)cc2)ccc1OCC#N. The summed E-state index contributed by atoms with van der Waals surface area (Å²) in [6.45, 7) is 0.655. The average Bonchev–Trinajstić information content (AvgIpc) is 2.69. The number of nitriles is 1. The van der Waals surface area contributed by atoms with Gasteiger partial charge >= 0.3 is 0 Å². The summed E-state index contributed by atoms with van der Waals surface area (Å²) in [5, 5.41) is 11.9. The molecule has 0 atom stereocenters. The fourth-order valence-electron chi connectivity index (χ4n) is 2.12. The maximum absolute atomic E-state index is 11.9. The highest BCUT2D eigenvalue weighted by Gasteiger charge is 2.05. The Balaban J connectivity index is 1.80. The minimum Gasteiger partial charge on any atom is -0.493 e. The Morgan fingerprint density at radius 3 is 2.67 bits per heavy atom. The number of amides is 1. The van der Waals surface area contributed by atoms with E-state index >= 15 is 0 Å². The molecule has 6 nitrogen and oxygen atoms in total. The first-order valence-electron chi connectivity index (χ1n) is 8.14. The predicted molar refractivity (Wildman–Crippen MR) is 103 cm³/mol. The number of rotatable bonds is 9. The van der Waals surface area contributed by atoms with Gasteiger partial charge in [-0.05, 0) is 48.0 Å². The van der Waals surface area contributed by atoms with Crippen molar-refractivity contribution in [3.8, 4) is 23.3 Å². The van der Waals surface area contributed by atoms with Crippen molar-refractivity contribution in [2.45, 2.75) is 0 Å². The van der Waals surface area contributed by atoms with Crippen LogP contribution in [0.3, 0.4) is 0 Å². The number of nitrogens with zero attached hydrogens (tertiary/aromatic N) is 1. The zero-order valence-corrected chi connectivity index (χ0v) is 15.5. The molecule has 0 radical (unpaired) electrons. The first kappa shape index (κ1) is 20.1. The number of carbonyl (C=O) groups is 1. The number of nitrogens with one attached hydrogen (secondary N) is 1. The van der Waals surface area contributed by atoms with Gasteiger partial charge in [-0.1, -0.05) is 17.7 Å². The second-order valence-corrected chi connectivity index (χ2v) is 5.72. The van der Waals surface area contributed by atoms with Crippen LogP contribution in [0.5, 0.6) is 17.2 Å². The van der Waals surface area contributed by atoms with Crippen LogP contribution in [-0.4, -0.2) is 32.8 Å². The first-order chi connectivity index (χ1) is 13.1. The largest absolute Gasteiger partial charge is 0.493 e. The third-order valence-corrected chi connectivity index (χ3v) is 3.64. The summed E-state index contributed by atoms with van der Waals surface area (Å²) >= 11 is 5.80. The lowest BCUT2D eigenvalue weighted by Gasteiger charge is -2.09. The Bertz CT molecular complexity index is 829. The number of halogens is 1. The first-order valence-corrected chi connectivity index (χ1v) is 8.52. The number of hydrogen-bond donors (Lipinski definition) is 1. The smallest absolute Gasteiger partial charge is 0.244 e. The molecule has 0 aromatic heterocycles. The Kier molecular flexibility index (Phi) is 8.01. The molecular formula is C20H19ClN2O4. The van der Waals surface area contributed by atoms with Gasteiger partial charge in [0.25, 0.3) is 0 Å². The van der Waals surface area contributed by atoms with Gasteiger partial charge < -0.3 is 19.5 Å². The average molecular weight is 387 g/mol. The Morgan fingerprint density at radius 2 is 1.96 bits per heavy atom. The van der Waals surface area contributed by atoms with Crippen LogP contribution in [0.15, 0.2) is 48.5 Å². The summed E-state index contributed by atoms with van der Waals surface area (Å²) in [5.41, 5.74) is 0.767. The maximum atomic E-state index is 11.9. The van der Waals surface area contributed by atoms with Crippen LogP contribution in [0, 0.1) is 11.3 Å². The van der Waals surface area contributed by atoms with E-state index in [2.05, 4.69) is 5.32 Å². The van der Waals surface area contributed by atoms with Crippen molar-refractivity contribution in [2.75, 3.05) is 26.9 Å². The van der Waals surface area contributed by atoms with Gasteiger partial charge in [0.2, 0.25) is 5.91 Å². The third-order valence-electron chi connectivity index (χ3n) is 3.39. The zero-order chi connectivity index (χ0) is 19.5. The summed E-state index contributed by atoms with van der Waals surface area (Å²) in [7, 11) is 1.51. The predicted octanol–water partition coefficient (Wildman–Crippen LogP) is 3.46. The molecule has 140 valence electrons. The quantitative estimate of drug-likeness (QED) is 0.527. The molecule has 0 fully saturated rings. The van der Waals surface area contributed by atoms with E-state index in [0.717, 1.165) is 5.56 Å². The highest BCUT2D eigenvalue weighted by atomic mass is 35.5. The standard InChI is InChI=1S/C20H19ClN2O4/c1-25-19-14-15(2-8-18(19)27-12-10-22)3-9-20(24)23-11-13-26-17-6-4-16(21)5-7-17/h2-9,14H,11-13H2,1H3,(H,23,24)/b9-3+. The van der Waals surface area contributed by atoms with Gasteiger partial charge in [0, 0.05) is 11.1 Å². The molecule has 0 heterocycles. The molecule has 2 aromatic carbocycles. The lowest BCUT2D eigenvalue weighted by atomic mass is 10.2.